The summed E-state index contributed by atoms with van der Waals surface area (Å²) in [5.74, 6) is 0.816. The van der Waals surface area contributed by atoms with Gasteiger partial charge in [-0.05, 0) is 42.7 Å². The van der Waals surface area contributed by atoms with E-state index in [1.807, 2.05) is 41.3 Å². The van der Waals surface area contributed by atoms with Crippen molar-refractivity contribution in [3.63, 3.8) is 0 Å². The van der Waals surface area contributed by atoms with Crippen molar-refractivity contribution in [3.8, 4) is 6.07 Å². The lowest BCUT2D eigenvalue weighted by molar-refractivity contribution is -0.127. The monoisotopic (exact) mass is 418 g/mol. The van der Waals surface area contributed by atoms with E-state index < -0.39 is 0 Å². The van der Waals surface area contributed by atoms with Crippen LogP contribution in [0.3, 0.4) is 0 Å². The highest BCUT2D eigenvalue weighted by Crippen LogP contribution is 2.23. The average Bonchev–Trinajstić information content (AvgIpc) is 3.19. The summed E-state index contributed by atoms with van der Waals surface area (Å²) in [5, 5.41) is 10.4. The molecule has 1 aromatic heterocycles. The van der Waals surface area contributed by atoms with Crippen molar-refractivity contribution in [1.82, 2.24) is 14.5 Å². The molecule has 0 radical (unpaired) electrons. The van der Waals surface area contributed by atoms with Crippen LogP contribution < -0.4 is 5.56 Å². The Bertz CT molecular complexity index is 1180. The number of carbonyl (C=O) groups is 1. The molecule has 1 aliphatic heterocycles. The van der Waals surface area contributed by atoms with Crippen molar-refractivity contribution in [2.45, 2.75) is 36.7 Å². The van der Waals surface area contributed by atoms with Gasteiger partial charge in [-0.2, -0.15) is 5.26 Å². The smallest absolute Gasteiger partial charge is 0.262 e. The van der Waals surface area contributed by atoms with Gasteiger partial charge in [0.25, 0.3) is 5.56 Å². The molecule has 0 bridgehead atoms. The first-order valence-corrected chi connectivity index (χ1v) is 11.0. The van der Waals surface area contributed by atoms with Crippen molar-refractivity contribution in [2.24, 2.45) is 0 Å². The molecular weight excluding hydrogens is 396 g/mol. The third kappa shape index (κ3) is 4.39. The Morgan fingerprint density at radius 3 is 2.77 bits per heavy atom. The molecule has 1 aliphatic rings. The lowest BCUT2D eigenvalue weighted by Crippen LogP contribution is -2.29. The van der Waals surface area contributed by atoms with E-state index in [2.05, 4.69) is 6.07 Å². The second-order valence-corrected chi connectivity index (χ2v) is 8.25. The number of carbonyl (C=O) groups excluding carboxylic acids is 1. The van der Waals surface area contributed by atoms with Gasteiger partial charge in [-0.25, -0.2) is 4.98 Å². The number of hydrogen-bond acceptors (Lipinski definition) is 5. The fourth-order valence-corrected chi connectivity index (χ4v) is 4.66. The van der Waals surface area contributed by atoms with Gasteiger partial charge in [0.15, 0.2) is 5.16 Å². The van der Waals surface area contributed by atoms with Gasteiger partial charge >= 0.3 is 0 Å². The number of thioether (sulfide) groups is 1. The number of para-hydroxylation sites is 1. The van der Waals surface area contributed by atoms with Crippen molar-refractivity contribution in [1.29, 1.82) is 5.26 Å². The quantitative estimate of drug-likeness (QED) is 0.433. The van der Waals surface area contributed by atoms with Gasteiger partial charge in [-0.15, -0.1) is 0 Å². The maximum Gasteiger partial charge on any atom is 0.262 e. The fourth-order valence-electron chi connectivity index (χ4n) is 3.69. The van der Waals surface area contributed by atoms with Gasteiger partial charge in [-0.3, -0.25) is 14.2 Å². The first kappa shape index (κ1) is 20.2. The second-order valence-electron chi connectivity index (χ2n) is 7.31. The minimum atomic E-state index is -0.0541. The highest BCUT2D eigenvalue weighted by Gasteiger charge is 2.19. The number of aromatic nitrogens is 2. The van der Waals surface area contributed by atoms with Gasteiger partial charge in [0, 0.05) is 31.8 Å². The number of fused-ring (bicyclic) bond motifs is 1. The van der Waals surface area contributed by atoms with E-state index in [0.29, 0.717) is 53.3 Å². The number of benzene rings is 2. The third-order valence-electron chi connectivity index (χ3n) is 5.23. The SMILES string of the molecule is N#Cc1cccc(CSc2nc3ccccc3c(=O)n2CCCN2CCCC2=O)c1. The molecule has 0 spiro atoms. The summed E-state index contributed by atoms with van der Waals surface area (Å²) >= 11 is 1.49. The zero-order valence-electron chi connectivity index (χ0n) is 16.6. The summed E-state index contributed by atoms with van der Waals surface area (Å²) in [7, 11) is 0. The van der Waals surface area contributed by atoms with E-state index in [-0.39, 0.29) is 11.5 Å². The molecule has 4 rings (SSSR count). The lowest BCUT2D eigenvalue weighted by Gasteiger charge is -2.17. The van der Waals surface area contributed by atoms with E-state index in [0.717, 1.165) is 18.5 Å². The van der Waals surface area contributed by atoms with Crippen LogP contribution >= 0.6 is 11.8 Å². The van der Waals surface area contributed by atoms with Crippen LogP contribution in [0, 0.1) is 11.3 Å². The Balaban J connectivity index is 1.58. The van der Waals surface area contributed by atoms with Crippen molar-refractivity contribution in [3.05, 3.63) is 70.0 Å². The van der Waals surface area contributed by atoms with Crippen molar-refractivity contribution < 1.29 is 4.79 Å². The largest absolute Gasteiger partial charge is 0.343 e. The number of nitriles is 1. The van der Waals surface area contributed by atoms with Crippen LogP contribution in [0.5, 0.6) is 0 Å². The molecule has 152 valence electrons. The third-order valence-corrected chi connectivity index (χ3v) is 6.28. The molecule has 0 aliphatic carbocycles. The molecule has 7 heteroatoms. The molecule has 0 unspecified atom stereocenters. The standard InChI is InChI=1S/C23H22N4O2S/c24-15-17-6-3-7-18(14-17)16-30-23-25-20-9-2-1-8-19(20)22(29)27(23)13-5-12-26-11-4-10-21(26)28/h1-3,6-9,14H,4-5,10-13,16H2. The summed E-state index contributed by atoms with van der Waals surface area (Å²) in [6, 6.07) is 17.0. The molecule has 6 nitrogen and oxygen atoms in total. The minimum Gasteiger partial charge on any atom is -0.343 e. The van der Waals surface area contributed by atoms with E-state index in [9.17, 15) is 9.59 Å². The maximum absolute atomic E-state index is 13.1. The van der Waals surface area contributed by atoms with E-state index in [1.165, 1.54) is 11.8 Å². The Morgan fingerprint density at radius 1 is 1.10 bits per heavy atom. The van der Waals surface area contributed by atoms with Gasteiger partial charge in [0.2, 0.25) is 5.91 Å². The second kappa shape index (κ2) is 9.14. The Hall–Kier alpha value is -3.11. The van der Waals surface area contributed by atoms with Crippen LogP contribution in [0.25, 0.3) is 10.9 Å². The van der Waals surface area contributed by atoms with Crippen molar-refractivity contribution in [2.75, 3.05) is 13.1 Å². The van der Waals surface area contributed by atoms with Crippen LogP contribution in [0.1, 0.15) is 30.4 Å². The molecule has 2 heterocycles. The van der Waals surface area contributed by atoms with Gasteiger partial charge in [0.1, 0.15) is 0 Å². The molecule has 0 saturated carbocycles. The zero-order chi connectivity index (χ0) is 20.9. The predicted molar refractivity (Wildman–Crippen MR) is 117 cm³/mol. The fraction of sp³-hybridized carbons (Fsp3) is 0.304. The van der Waals surface area contributed by atoms with Gasteiger partial charge < -0.3 is 4.90 Å². The molecule has 0 atom stereocenters. The Labute approximate surface area is 179 Å². The van der Waals surface area contributed by atoms with Gasteiger partial charge in [-0.1, -0.05) is 36.0 Å². The number of rotatable bonds is 7. The maximum atomic E-state index is 13.1. The minimum absolute atomic E-state index is 0.0541. The normalized spacial score (nSPS) is 13.7. The molecule has 3 aromatic rings. The van der Waals surface area contributed by atoms with Gasteiger partial charge in [0.05, 0.1) is 22.5 Å². The number of amides is 1. The number of hydrogen-bond donors (Lipinski definition) is 0. The predicted octanol–water partition coefficient (Wildman–Crippen LogP) is 3.57. The van der Waals surface area contributed by atoms with Crippen molar-refractivity contribution >= 4 is 28.6 Å². The van der Waals surface area contributed by atoms with Crippen LogP contribution in [-0.2, 0) is 17.1 Å². The number of likely N-dealkylation sites (tertiary alicyclic amines) is 1. The molecule has 1 saturated heterocycles. The molecule has 1 amide bonds. The van der Waals surface area contributed by atoms with E-state index in [1.54, 1.807) is 16.7 Å². The first-order valence-electron chi connectivity index (χ1n) is 10.0. The van der Waals surface area contributed by atoms with Crippen LogP contribution in [0.15, 0.2) is 58.5 Å². The van der Waals surface area contributed by atoms with Crippen LogP contribution in [0.2, 0.25) is 0 Å². The molecule has 0 N–H and O–H groups in total. The Kier molecular flexibility index (Phi) is 6.15. The molecule has 1 fully saturated rings. The Morgan fingerprint density at radius 2 is 1.97 bits per heavy atom. The molecular formula is C23H22N4O2S. The summed E-state index contributed by atoms with van der Waals surface area (Å²) in [6.45, 7) is 1.98. The summed E-state index contributed by atoms with van der Waals surface area (Å²) in [5.41, 5.74) is 2.26. The topological polar surface area (TPSA) is 79.0 Å². The lowest BCUT2D eigenvalue weighted by atomic mass is 10.2. The summed E-state index contributed by atoms with van der Waals surface area (Å²) < 4.78 is 1.72. The summed E-state index contributed by atoms with van der Waals surface area (Å²) in [4.78, 5) is 31.6. The first-order chi connectivity index (χ1) is 14.7. The zero-order valence-corrected chi connectivity index (χ0v) is 17.4. The van der Waals surface area contributed by atoms with Crippen LogP contribution in [0.4, 0.5) is 0 Å². The van der Waals surface area contributed by atoms with Crippen LogP contribution in [-0.4, -0.2) is 33.4 Å². The highest BCUT2D eigenvalue weighted by molar-refractivity contribution is 7.98. The number of nitrogens with zero attached hydrogens (tertiary/aromatic N) is 4. The van der Waals surface area contributed by atoms with E-state index in [4.69, 9.17) is 10.2 Å². The molecule has 2 aromatic carbocycles. The highest BCUT2D eigenvalue weighted by atomic mass is 32.2. The average molecular weight is 419 g/mol. The summed E-state index contributed by atoms with van der Waals surface area (Å²) in [6.07, 6.45) is 2.25. The molecule has 30 heavy (non-hydrogen) atoms. The van der Waals surface area contributed by atoms with E-state index >= 15 is 0 Å².